The second-order valence-electron chi connectivity index (χ2n) is 6.49. The molecule has 0 amide bonds. The number of guanidine groups is 1. The zero-order valence-electron chi connectivity index (χ0n) is 16.8. The molecule has 0 saturated heterocycles. The first-order chi connectivity index (χ1) is 12.4. The lowest BCUT2D eigenvalue weighted by Gasteiger charge is -2.22. The van der Waals surface area contributed by atoms with Crippen molar-refractivity contribution in [3.8, 4) is 0 Å². The first-order valence-electron chi connectivity index (χ1n) is 9.24. The Kier molecular flexibility index (Phi) is 7.32. The van der Waals surface area contributed by atoms with E-state index in [0.29, 0.717) is 6.54 Å². The normalized spacial score (nSPS) is 11.9. The maximum absolute atomic E-state index is 4.90. The van der Waals surface area contributed by atoms with Gasteiger partial charge in [0.25, 0.3) is 0 Å². The summed E-state index contributed by atoms with van der Waals surface area (Å²) in [6.45, 7) is 8.72. The number of hydrogen-bond donors (Lipinski definition) is 1. The summed E-state index contributed by atoms with van der Waals surface area (Å²) >= 11 is 3.54. The van der Waals surface area contributed by atoms with Crippen molar-refractivity contribution < 1.29 is 0 Å². The number of aryl methyl sites for hydroxylation is 3. The molecule has 0 aliphatic rings. The van der Waals surface area contributed by atoms with Gasteiger partial charge in [-0.05, 0) is 41.8 Å². The van der Waals surface area contributed by atoms with Crippen molar-refractivity contribution >= 4 is 21.9 Å². The summed E-state index contributed by atoms with van der Waals surface area (Å²) < 4.78 is 5.23. The van der Waals surface area contributed by atoms with Crippen LogP contribution in [0.4, 0.5) is 0 Å². The zero-order chi connectivity index (χ0) is 19.3. The predicted molar refractivity (Wildman–Crippen MR) is 111 cm³/mol. The first-order valence-corrected chi connectivity index (χ1v) is 10.0. The van der Waals surface area contributed by atoms with Crippen LogP contribution in [0.2, 0.25) is 0 Å². The molecule has 0 unspecified atom stereocenters. The van der Waals surface area contributed by atoms with Crippen LogP contribution >= 0.6 is 15.9 Å². The van der Waals surface area contributed by atoms with Gasteiger partial charge in [0.2, 0.25) is 0 Å². The van der Waals surface area contributed by atoms with Crippen LogP contribution in [-0.4, -0.2) is 38.8 Å². The van der Waals surface area contributed by atoms with Crippen LogP contribution < -0.4 is 5.32 Å². The van der Waals surface area contributed by atoms with Crippen molar-refractivity contribution in [3.63, 3.8) is 0 Å². The highest BCUT2D eigenvalue weighted by Crippen LogP contribution is 2.18. The van der Waals surface area contributed by atoms with Gasteiger partial charge in [0.05, 0.1) is 18.8 Å². The van der Waals surface area contributed by atoms with E-state index in [2.05, 4.69) is 82.9 Å². The lowest BCUT2D eigenvalue weighted by Crippen LogP contribution is -2.38. The Hall–Kier alpha value is -1.76. The van der Waals surface area contributed by atoms with E-state index in [9.17, 15) is 0 Å². The third kappa shape index (κ3) is 4.69. The van der Waals surface area contributed by atoms with Crippen LogP contribution in [0.25, 0.3) is 0 Å². The molecular weight excluding hydrogens is 392 g/mol. The van der Waals surface area contributed by atoms with Gasteiger partial charge in [0, 0.05) is 55.3 Å². The predicted octanol–water partition coefficient (Wildman–Crippen LogP) is 3.24. The van der Waals surface area contributed by atoms with Crippen LogP contribution in [-0.2, 0) is 40.0 Å². The standard InChI is InChI=1S/C19H31BrN6/c1-7-17-16(18(8-2)26(6)23-17)11-22-19(21-9-3)25(5)13-15-10-14(20)12-24(15)4/h10,12H,7-9,11,13H2,1-6H3,(H,21,22). The Balaban J connectivity index is 2.22. The van der Waals surface area contributed by atoms with E-state index in [1.54, 1.807) is 0 Å². The minimum atomic E-state index is 0.656. The second kappa shape index (κ2) is 9.26. The lowest BCUT2D eigenvalue weighted by molar-refractivity contribution is 0.462. The van der Waals surface area contributed by atoms with Gasteiger partial charge in [-0.15, -0.1) is 0 Å². The number of aliphatic imine (C=N–C) groups is 1. The van der Waals surface area contributed by atoms with E-state index >= 15 is 0 Å². The number of rotatable bonds is 7. The molecule has 1 N–H and O–H groups in total. The highest BCUT2D eigenvalue weighted by atomic mass is 79.9. The van der Waals surface area contributed by atoms with Gasteiger partial charge in [-0.3, -0.25) is 4.68 Å². The monoisotopic (exact) mass is 422 g/mol. The Morgan fingerprint density at radius 3 is 2.54 bits per heavy atom. The number of halogens is 1. The highest BCUT2D eigenvalue weighted by Gasteiger charge is 2.15. The molecule has 2 heterocycles. The molecule has 0 atom stereocenters. The van der Waals surface area contributed by atoms with E-state index in [1.165, 1.54) is 17.0 Å². The number of nitrogens with one attached hydrogen (secondary N) is 1. The van der Waals surface area contributed by atoms with Gasteiger partial charge in [-0.25, -0.2) is 4.99 Å². The second-order valence-corrected chi connectivity index (χ2v) is 7.41. The molecule has 0 spiro atoms. The SMILES string of the molecule is CCNC(=NCc1c(CC)nn(C)c1CC)N(C)Cc1cc(Br)cn1C. The fourth-order valence-electron chi connectivity index (χ4n) is 3.24. The van der Waals surface area contributed by atoms with Crippen molar-refractivity contribution in [2.75, 3.05) is 13.6 Å². The summed E-state index contributed by atoms with van der Waals surface area (Å²) in [4.78, 5) is 7.07. The van der Waals surface area contributed by atoms with E-state index in [1.807, 2.05) is 11.7 Å². The molecule has 0 fully saturated rings. The van der Waals surface area contributed by atoms with Crippen LogP contribution in [0.5, 0.6) is 0 Å². The van der Waals surface area contributed by atoms with Gasteiger partial charge >= 0.3 is 0 Å². The summed E-state index contributed by atoms with van der Waals surface area (Å²) in [5.74, 6) is 0.915. The molecule has 2 aromatic heterocycles. The van der Waals surface area contributed by atoms with Gasteiger partial charge in [-0.1, -0.05) is 13.8 Å². The van der Waals surface area contributed by atoms with E-state index in [0.717, 1.165) is 42.1 Å². The molecule has 2 rings (SSSR count). The molecule has 7 heteroatoms. The van der Waals surface area contributed by atoms with Gasteiger partial charge in [0.1, 0.15) is 0 Å². The third-order valence-electron chi connectivity index (χ3n) is 4.58. The Bertz CT molecular complexity index is 758. The Morgan fingerprint density at radius 1 is 1.27 bits per heavy atom. The topological polar surface area (TPSA) is 50.4 Å². The minimum Gasteiger partial charge on any atom is -0.357 e. The quantitative estimate of drug-likeness (QED) is 0.550. The molecular formula is C19H31BrN6. The van der Waals surface area contributed by atoms with Gasteiger partial charge < -0.3 is 14.8 Å². The lowest BCUT2D eigenvalue weighted by atomic mass is 10.1. The maximum atomic E-state index is 4.90. The highest BCUT2D eigenvalue weighted by molar-refractivity contribution is 9.10. The molecule has 26 heavy (non-hydrogen) atoms. The van der Waals surface area contributed by atoms with E-state index < -0.39 is 0 Å². The smallest absolute Gasteiger partial charge is 0.194 e. The van der Waals surface area contributed by atoms with Crippen LogP contribution in [0.15, 0.2) is 21.7 Å². The average Bonchev–Trinajstić information content (AvgIpc) is 3.08. The van der Waals surface area contributed by atoms with Crippen molar-refractivity contribution in [2.45, 2.75) is 46.7 Å². The first kappa shape index (κ1) is 20.6. The zero-order valence-corrected chi connectivity index (χ0v) is 18.4. The summed E-state index contributed by atoms with van der Waals surface area (Å²) in [6, 6.07) is 2.14. The van der Waals surface area contributed by atoms with E-state index in [4.69, 9.17) is 4.99 Å². The Morgan fingerprint density at radius 2 is 2.00 bits per heavy atom. The summed E-state index contributed by atoms with van der Waals surface area (Å²) in [5, 5.41) is 8.06. The van der Waals surface area contributed by atoms with Crippen molar-refractivity contribution in [1.82, 2.24) is 24.6 Å². The minimum absolute atomic E-state index is 0.656. The summed E-state index contributed by atoms with van der Waals surface area (Å²) in [6.07, 6.45) is 3.98. The number of hydrogen-bond acceptors (Lipinski definition) is 2. The fraction of sp³-hybridized carbons (Fsp3) is 0.579. The van der Waals surface area contributed by atoms with E-state index in [-0.39, 0.29) is 0 Å². The maximum Gasteiger partial charge on any atom is 0.194 e. The van der Waals surface area contributed by atoms with Crippen molar-refractivity contribution in [1.29, 1.82) is 0 Å². The van der Waals surface area contributed by atoms with Gasteiger partial charge in [0.15, 0.2) is 5.96 Å². The molecule has 0 aromatic carbocycles. The van der Waals surface area contributed by atoms with Crippen LogP contribution in [0, 0.1) is 0 Å². The van der Waals surface area contributed by atoms with Crippen LogP contribution in [0.1, 0.15) is 43.4 Å². The molecule has 0 radical (unpaired) electrons. The van der Waals surface area contributed by atoms with Crippen molar-refractivity contribution in [3.05, 3.63) is 39.4 Å². The molecule has 2 aromatic rings. The average molecular weight is 423 g/mol. The largest absolute Gasteiger partial charge is 0.357 e. The summed E-state index contributed by atoms with van der Waals surface area (Å²) in [5.41, 5.74) is 4.92. The summed E-state index contributed by atoms with van der Waals surface area (Å²) in [7, 11) is 6.16. The number of aromatic nitrogens is 3. The molecule has 0 aliphatic heterocycles. The molecule has 144 valence electrons. The molecule has 0 aliphatic carbocycles. The molecule has 0 bridgehead atoms. The number of nitrogens with zero attached hydrogens (tertiary/aromatic N) is 5. The fourth-order valence-corrected chi connectivity index (χ4v) is 3.81. The molecule has 0 saturated carbocycles. The van der Waals surface area contributed by atoms with Crippen LogP contribution in [0.3, 0.4) is 0 Å². The molecule has 6 nitrogen and oxygen atoms in total. The van der Waals surface area contributed by atoms with Crippen molar-refractivity contribution in [2.24, 2.45) is 19.1 Å². The Labute approximate surface area is 165 Å². The van der Waals surface area contributed by atoms with Gasteiger partial charge in [-0.2, -0.15) is 5.10 Å². The third-order valence-corrected chi connectivity index (χ3v) is 5.02.